The van der Waals surface area contributed by atoms with Crippen molar-refractivity contribution in [2.24, 2.45) is 0 Å². The number of hydrogen-bond acceptors (Lipinski definition) is 3. The molecule has 1 aromatic rings. The van der Waals surface area contributed by atoms with Gasteiger partial charge < -0.3 is 14.3 Å². The normalized spacial score (nSPS) is 19.9. The van der Waals surface area contributed by atoms with Gasteiger partial charge in [-0.15, -0.1) is 0 Å². The van der Waals surface area contributed by atoms with E-state index in [1.54, 1.807) is 0 Å². The molecular formula is C12H18O3Si. The minimum absolute atomic E-state index is 0.422. The Morgan fingerprint density at radius 2 is 2.12 bits per heavy atom. The molecule has 0 fully saturated rings. The molecule has 0 spiro atoms. The average molecular weight is 238 g/mol. The smallest absolute Gasteiger partial charge is 0.242 e. The van der Waals surface area contributed by atoms with Gasteiger partial charge in [-0.25, -0.2) is 0 Å². The maximum atomic E-state index is 9.86. The first-order valence-corrected chi connectivity index (χ1v) is 9.00. The predicted molar refractivity (Wildman–Crippen MR) is 65.5 cm³/mol. The van der Waals surface area contributed by atoms with Crippen molar-refractivity contribution in [2.45, 2.75) is 32.2 Å². The summed E-state index contributed by atoms with van der Waals surface area (Å²) in [6.07, 6.45) is 0.234. The molecule has 1 atom stereocenters. The summed E-state index contributed by atoms with van der Waals surface area (Å²) in [7, 11) is -1.59. The Morgan fingerprint density at radius 3 is 2.81 bits per heavy atom. The van der Waals surface area contributed by atoms with Gasteiger partial charge in [-0.2, -0.15) is 0 Å². The molecule has 4 heteroatoms. The highest BCUT2D eigenvalue weighted by atomic mass is 28.4. The van der Waals surface area contributed by atoms with Crippen LogP contribution in [0.15, 0.2) is 18.2 Å². The van der Waals surface area contributed by atoms with Crippen molar-refractivity contribution in [3.63, 3.8) is 0 Å². The van der Waals surface area contributed by atoms with Gasteiger partial charge in [0, 0.05) is 12.0 Å². The van der Waals surface area contributed by atoms with Gasteiger partial charge in [-0.1, -0.05) is 0 Å². The molecule has 88 valence electrons. The second-order valence-electron chi connectivity index (χ2n) is 5.07. The van der Waals surface area contributed by atoms with Gasteiger partial charge in [0.05, 0.1) is 12.7 Å². The quantitative estimate of drug-likeness (QED) is 0.805. The van der Waals surface area contributed by atoms with Gasteiger partial charge in [-0.3, -0.25) is 0 Å². The van der Waals surface area contributed by atoms with E-state index in [-0.39, 0.29) is 0 Å². The monoisotopic (exact) mass is 238 g/mol. The SMILES string of the molecule is C[Si](C)(C)Oc1ccc2c(c1)[C@H](O)CCO2. The van der Waals surface area contributed by atoms with Crippen molar-refractivity contribution in [2.75, 3.05) is 6.61 Å². The molecule has 0 amide bonds. The van der Waals surface area contributed by atoms with Gasteiger partial charge in [0.2, 0.25) is 8.32 Å². The van der Waals surface area contributed by atoms with E-state index < -0.39 is 14.4 Å². The molecule has 1 heterocycles. The van der Waals surface area contributed by atoms with Gasteiger partial charge in [-0.05, 0) is 37.8 Å². The third kappa shape index (κ3) is 2.57. The first-order chi connectivity index (χ1) is 7.46. The molecule has 0 aromatic heterocycles. The van der Waals surface area contributed by atoms with E-state index >= 15 is 0 Å². The highest BCUT2D eigenvalue weighted by molar-refractivity contribution is 6.70. The summed E-state index contributed by atoms with van der Waals surface area (Å²) < 4.78 is 11.4. The number of fused-ring (bicyclic) bond motifs is 1. The van der Waals surface area contributed by atoms with Crippen LogP contribution in [0, 0.1) is 0 Å². The summed E-state index contributed by atoms with van der Waals surface area (Å²) in [6.45, 7) is 7.00. The van der Waals surface area contributed by atoms with E-state index in [9.17, 15) is 5.11 Å². The number of rotatable bonds is 2. The van der Waals surface area contributed by atoms with Crippen LogP contribution in [0.25, 0.3) is 0 Å². The molecule has 1 N–H and O–H groups in total. The Balaban J connectivity index is 2.27. The average Bonchev–Trinajstić information content (AvgIpc) is 2.17. The van der Waals surface area contributed by atoms with Crippen molar-refractivity contribution >= 4 is 8.32 Å². The predicted octanol–water partition coefficient (Wildman–Crippen LogP) is 2.72. The molecular weight excluding hydrogens is 220 g/mol. The molecule has 1 aromatic carbocycles. The third-order valence-corrected chi connectivity index (χ3v) is 3.26. The van der Waals surface area contributed by atoms with Crippen LogP contribution in [0.5, 0.6) is 11.5 Å². The standard InChI is InChI=1S/C12H18O3Si/c1-16(2,3)15-9-4-5-12-10(8-9)11(13)6-7-14-12/h4-5,8,11,13H,6-7H2,1-3H3/t11-/m1/s1. The van der Waals surface area contributed by atoms with Crippen LogP contribution in [0.1, 0.15) is 18.1 Å². The molecule has 16 heavy (non-hydrogen) atoms. The fourth-order valence-corrected chi connectivity index (χ4v) is 2.61. The fourth-order valence-electron chi connectivity index (χ4n) is 1.77. The van der Waals surface area contributed by atoms with Crippen LogP contribution < -0.4 is 9.16 Å². The molecule has 0 radical (unpaired) electrons. The molecule has 0 saturated heterocycles. The minimum atomic E-state index is -1.59. The third-order valence-electron chi connectivity index (χ3n) is 2.41. The lowest BCUT2D eigenvalue weighted by atomic mass is 10.0. The molecule has 1 aliphatic rings. The van der Waals surface area contributed by atoms with Crippen molar-refractivity contribution in [3.8, 4) is 11.5 Å². The van der Waals surface area contributed by atoms with Gasteiger partial charge in [0.1, 0.15) is 11.5 Å². The summed E-state index contributed by atoms with van der Waals surface area (Å²) in [5.41, 5.74) is 0.849. The van der Waals surface area contributed by atoms with E-state index in [4.69, 9.17) is 9.16 Å². The topological polar surface area (TPSA) is 38.7 Å². The highest BCUT2D eigenvalue weighted by Gasteiger charge is 2.22. The van der Waals surface area contributed by atoms with E-state index in [1.165, 1.54) is 0 Å². The summed E-state index contributed by atoms with van der Waals surface area (Å²) in [5.74, 6) is 1.61. The Bertz CT molecular complexity index is 384. The second-order valence-corrected chi connectivity index (χ2v) is 9.50. The number of ether oxygens (including phenoxy) is 1. The largest absolute Gasteiger partial charge is 0.544 e. The van der Waals surface area contributed by atoms with Crippen molar-refractivity contribution in [1.82, 2.24) is 0 Å². The first-order valence-electron chi connectivity index (χ1n) is 5.59. The van der Waals surface area contributed by atoms with Crippen molar-refractivity contribution in [3.05, 3.63) is 23.8 Å². The molecule has 0 saturated carbocycles. The number of benzene rings is 1. The Hall–Kier alpha value is -1.00. The summed E-state index contributed by atoms with van der Waals surface area (Å²) in [4.78, 5) is 0. The minimum Gasteiger partial charge on any atom is -0.544 e. The molecule has 1 aliphatic heterocycles. The lowest BCUT2D eigenvalue weighted by Gasteiger charge is -2.25. The van der Waals surface area contributed by atoms with Gasteiger partial charge >= 0.3 is 0 Å². The van der Waals surface area contributed by atoms with E-state index in [2.05, 4.69) is 19.6 Å². The molecule has 2 rings (SSSR count). The zero-order valence-corrected chi connectivity index (χ0v) is 11.0. The second kappa shape index (κ2) is 4.11. The van der Waals surface area contributed by atoms with Gasteiger partial charge in [0.25, 0.3) is 0 Å². The van der Waals surface area contributed by atoms with Crippen LogP contribution >= 0.6 is 0 Å². The summed E-state index contributed by atoms with van der Waals surface area (Å²) in [5, 5.41) is 9.86. The number of aliphatic hydroxyl groups is 1. The summed E-state index contributed by atoms with van der Waals surface area (Å²) in [6, 6.07) is 5.69. The fraction of sp³-hybridized carbons (Fsp3) is 0.500. The number of hydrogen-bond donors (Lipinski definition) is 1. The Kier molecular flexibility index (Phi) is 2.95. The molecule has 0 aliphatic carbocycles. The van der Waals surface area contributed by atoms with Crippen LogP contribution in [-0.4, -0.2) is 20.0 Å². The zero-order chi connectivity index (χ0) is 11.8. The lowest BCUT2D eigenvalue weighted by molar-refractivity contribution is 0.115. The zero-order valence-electron chi connectivity index (χ0n) is 9.99. The number of aliphatic hydroxyl groups excluding tert-OH is 1. The Labute approximate surface area is 97.1 Å². The van der Waals surface area contributed by atoms with Crippen LogP contribution in [0.2, 0.25) is 19.6 Å². The van der Waals surface area contributed by atoms with Gasteiger partial charge in [0.15, 0.2) is 0 Å². The van der Waals surface area contributed by atoms with Crippen molar-refractivity contribution < 1.29 is 14.3 Å². The van der Waals surface area contributed by atoms with Crippen LogP contribution in [0.3, 0.4) is 0 Å². The van der Waals surface area contributed by atoms with E-state index in [0.717, 1.165) is 17.1 Å². The summed E-state index contributed by atoms with van der Waals surface area (Å²) >= 11 is 0. The van der Waals surface area contributed by atoms with Crippen LogP contribution in [0.4, 0.5) is 0 Å². The lowest BCUT2D eigenvalue weighted by Crippen LogP contribution is -2.29. The maximum Gasteiger partial charge on any atom is 0.242 e. The Morgan fingerprint density at radius 1 is 1.38 bits per heavy atom. The highest BCUT2D eigenvalue weighted by Crippen LogP contribution is 2.35. The molecule has 0 bridgehead atoms. The molecule has 3 nitrogen and oxygen atoms in total. The van der Waals surface area contributed by atoms with Crippen molar-refractivity contribution in [1.29, 1.82) is 0 Å². The maximum absolute atomic E-state index is 9.86. The van der Waals surface area contributed by atoms with E-state index in [1.807, 2.05) is 18.2 Å². The molecule has 0 unspecified atom stereocenters. The first kappa shape index (κ1) is 11.5. The van der Waals surface area contributed by atoms with Crippen LogP contribution in [-0.2, 0) is 0 Å². The van der Waals surface area contributed by atoms with E-state index in [0.29, 0.717) is 13.0 Å².